The van der Waals surface area contributed by atoms with Gasteiger partial charge in [-0.15, -0.1) is 0 Å². The molecule has 2 aliphatic heterocycles. The van der Waals surface area contributed by atoms with Crippen LogP contribution in [0, 0.1) is 5.92 Å². The normalized spacial score (nSPS) is 24.6. The SMILES string of the molecule is NCCC1CCN(CC2OCCc3ccccc32)CC1. The number of rotatable bonds is 4. The van der Waals surface area contributed by atoms with E-state index in [0.29, 0.717) is 0 Å². The molecule has 3 rings (SSSR count). The zero-order valence-electron chi connectivity index (χ0n) is 12.3. The van der Waals surface area contributed by atoms with E-state index in [1.54, 1.807) is 0 Å². The van der Waals surface area contributed by atoms with Crippen LogP contribution in [0.25, 0.3) is 0 Å². The molecule has 1 fully saturated rings. The molecule has 1 saturated heterocycles. The second kappa shape index (κ2) is 6.70. The van der Waals surface area contributed by atoms with Crippen LogP contribution in [0.3, 0.4) is 0 Å². The van der Waals surface area contributed by atoms with E-state index in [-0.39, 0.29) is 6.10 Å². The summed E-state index contributed by atoms with van der Waals surface area (Å²) in [7, 11) is 0. The van der Waals surface area contributed by atoms with Gasteiger partial charge in [-0.25, -0.2) is 0 Å². The number of nitrogens with zero attached hydrogens (tertiary/aromatic N) is 1. The van der Waals surface area contributed by atoms with Gasteiger partial charge in [0.1, 0.15) is 0 Å². The number of hydrogen-bond acceptors (Lipinski definition) is 3. The molecule has 0 aromatic heterocycles. The Labute approximate surface area is 122 Å². The molecule has 3 heteroatoms. The summed E-state index contributed by atoms with van der Waals surface area (Å²) >= 11 is 0. The Morgan fingerprint density at radius 2 is 2.00 bits per heavy atom. The fraction of sp³-hybridized carbons (Fsp3) is 0.647. The predicted octanol–water partition coefficient (Wildman–Crippen LogP) is 2.36. The second-order valence-corrected chi connectivity index (χ2v) is 6.13. The van der Waals surface area contributed by atoms with Crippen molar-refractivity contribution in [1.29, 1.82) is 0 Å². The summed E-state index contributed by atoms with van der Waals surface area (Å²) in [6.07, 6.45) is 5.12. The molecule has 0 aliphatic carbocycles. The second-order valence-electron chi connectivity index (χ2n) is 6.13. The number of benzene rings is 1. The molecule has 0 spiro atoms. The molecule has 20 heavy (non-hydrogen) atoms. The molecule has 2 heterocycles. The van der Waals surface area contributed by atoms with Crippen LogP contribution >= 0.6 is 0 Å². The lowest BCUT2D eigenvalue weighted by Crippen LogP contribution is -2.38. The van der Waals surface area contributed by atoms with E-state index in [1.807, 2.05) is 0 Å². The maximum Gasteiger partial charge on any atom is 0.0954 e. The maximum atomic E-state index is 6.02. The number of fused-ring (bicyclic) bond motifs is 1. The van der Waals surface area contributed by atoms with Crippen LogP contribution in [0.1, 0.15) is 36.5 Å². The third-order valence-electron chi connectivity index (χ3n) is 4.80. The van der Waals surface area contributed by atoms with Gasteiger partial charge in [-0.2, -0.15) is 0 Å². The third kappa shape index (κ3) is 3.22. The Morgan fingerprint density at radius 3 is 2.80 bits per heavy atom. The highest BCUT2D eigenvalue weighted by Crippen LogP contribution is 2.29. The molecular weight excluding hydrogens is 248 g/mol. The van der Waals surface area contributed by atoms with Crippen molar-refractivity contribution in [2.75, 3.05) is 32.8 Å². The molecule has 1 aromatic carbocycles. The van der Waals surface area contributed by atoms with E-state index in [0.717, 1.165) is 32.0 Å². The molecular formula is C17H26N2O. The summed E-state index contributed by atoms with van der Waals surface area (Å²) in [5.41, 5.74) is 8.54. The predicted molar refractivity (Wildman–Crippen MR) is 81.7 cm³/mol. The van der Waals surface area contributed by atoms with Crippen molar-refractivity contribution in [3.05, 3.63) is 35.4 Å². The zero-order chi connectivity index (χ0) is 13.8. The molecule has 1 atom stereocenters. The number of hydrogen-bond donors (Lipinski definition) is 1. The van der Waals surface area contributed by atoms with E-state index in [2.05, 4.69) is 29.2 Å². The van der Waals surface area contributed by atoms with Gasteiger partial charge in [-0.3, -0.25) is 0 Å². The number of likely N-dealkylation sites (tertiary alicyclic amines) is 1. The Morgan fingerprint density at radius 1 is 1.20 bits per heavy atom. The van der Waals surface area contributed by atoms with E-state index in [4.69, 9.17) is 10.5 Å². The van der Waals surface area contributed by atoms with Crippen LogP contribution in [-0.2, 0) is 11.2 Å². The average Bonchev–Trinajstić information content (AvgIpc) is 2.50. The molecule has 0 saturated carbocycles. The van der Waals surface area contributed by atoms with Gasteiger partial charge >= 0.3 is 0 Å². The molecule has 110 valence electrons. The standard InChI is InChI=1S/C17H26N2O/c18-9-5-14-6-10-19(11-7-14)13-17-16-4-2-1-3-15(16)8-12-20-17/h1-4,14,17H,5-13,18H2. The summed E-state index contributed by atoms with van der Waals surface area (Å²) in [5.74, 6) is 0.843. The van der Waals surface area contributed by atoms with Crippen molar-refractivity contribution < 1.29 is 4.74 Å². The molecule has 2 aliphatic rings. The fourth-order valence-corrected chi connectivity index (χ4v) is 3.56. The Hall–Kier alpha value is -0.900. The summed E-state index contributed by atoms with van der Waals surface area (Å²) in [5, 5.41) is 0. The molecule has 0 amide bonds. The smallest absolute Gasteiger partial charge is 0.0954 e. The van der Waals surface area contributed by atoms with Gasteiger partial charge in [0.25, 0.3) is 0 Å². The van der Waals surface area contributed by atoms with Gasteiger partial charge < -0.3 is 15.4 Å². The van der Waals surface area contributed by atoms with E-state index in [9.17, 15) is 0 Å². The van der Waals surface area contributed by atoms with E-state index in [1.165, 1.54) is 43.5 Å². The van der Waals surface area contributed by atoms with Crippen LogP contribution in [0.4, 0.5) is 0 Å². The molecule has 3 nitrogen and oxygen atoms in total. The van der Waals surface area contributed by atoms with Gasteiger partial charge in [0.2, 0.25) is 0 Å². The van der Waals surface area contributed by atoms with Crippen molar-refractivity contribution in [1.82, 2.24) is 4.90 Å². The molecule has 0 radical (unpaired) electrons. The topological polar surface area (TPSA) is 38.5 Å². The summed E-state index contributed by atoms with van der Waals surface area (Å²) < 4.78 is 6.02. The molecule has 2 N–H and O–H groups in total. The highest BCUT2D eigenvalue weighted by atomic mass is 16.5. The lowest BCUT2D eigenvalue weighted by molar-refractivity contribution is 0.00841. The number of ether oxygens (including phenoxy) is 1. The maximum absolute atomic E-state index is 6.02. The molecule has 1 aromatic rings. The van der Waals surface area contributed by atoms with Crippen LogP contribution < -0.4 is 5.73 Å². The van der Waals surface area contributed by atoms with Gasteiger partial charge in [0, 0.05) is 6.54 Å². The number of nitrogens with two attached hydrogens (primary N) is 1. The summed E-state index contributed by atoms with van der Waals surface area (Å²) in [4.78, 5) is 2.57. The van der Waals surface area contributed by atoms with Crippen molar-refractivity contribution in [3.8, 4) is 0 Å². The first-order chi connectivity index (χ1) is 9.86. The number of piperidine rings is 1. The first-order valence-electron chi connectivity index (χ1n) is 7.98. The lowest BCUT2D eigenvalue weighted by atomic mass is 9.92. The van der Waals surface area contributed by atoms with Gasteiger partial charge in [-0.1, -0.05) is 24.3 Å². The van der Waals surface area contributed by atoms with Gasteiger partial charge in [0.05, 0.1) is 12.7 Å². The zero-order valence-corrected chi connectivity index (χ0v) is 12.3. The highest BCUT2D eigenvalue weighted by Gasteiger charge is 2.25. The summed E-state index contributed by atoms with van der Waals surface area (Å²) in [6, 6.07) is 8.76. The fourth-order valence-electron chi connectivity index (χ4n) is 3.56. The Bertz CT molecular complexity index is 427. The van der Waals surface area contributed by atoms with Crippen LogP contribution in [0.2, 0.25) is 0 Å². The van der Waals surface area contributed by atoms with Crippen molar-refractivity contribution in [2.45, 2.75) is 31.8 Å². The third-order valence-corrected chi connectivity index (χ3v) is 4.80. The van der Waals surface area contributed by atoms with Crippen molar-refractivity contribution in [2.24, 2.45) is 11.7 Å². The minimum atomic E-state index is 0.269. The van der Waals surface area contributed by atoms with Gasteiger partial charge in [-0.05, 0) is 62.4 Å². The first kappa shape index (κ1) is 14.1. The molecule has 0 bridgehead atoms. The first-order valence-corrected chi connectivity index (χ1v) is 7.98. The highest BCUT2D eigenvalue weighted by molar-refractivity contribution is 5.31. The van der Waals surface area contributed by atoms with E-state index >= 15 is 0 Å². The van der Waals surface area contributed by atoms with E-state index < -0.39 is 0 Å². The minimum Gasteiger partial charge on any atom is -0.372 e. The van der Waals surface area contributed by atoms with Crippen LogP contribution in [-0.4, -0.2) is 37.7 Å². The lowest BCUT2D eigenvalue weighted by Gasteiger charge is -2.36. The quantitative estimate of drug-likeness (QED) is 0.916. The minimum absolute atomic E-state index is 0.269. The average molecular weight is 274 g/mol. The van der Waals surface area contributed by atoms with Crippen molar-refractivity contribution in [3.63, 3.8) is 0 Å². The summed E-state index contributed by atoms with van der Waals surface area (Å²) in [6.45, 7) is 5.15. The monoisotopic (exact) mass is 274 g/mol. The Balaban J connectivity index is 1.57. The van der Waals surface area contributed by atoms with Crippen LogP contribution in [0.5, 0.6) is 0 Å². The largest absolute Gasteiger partial charge is 0.372 e. The van der Waals surface area contributed by atoms with Crippen LogP contribution in [0.15, 0.2) is 24.3 Å². The molecule has 1 unspecified atom stereocenters. The Kier molecular flexibility index (Phi) is 4.71. The van der Waals surface area contributed by atoms with Crippen molar-refractivity contribution >= 4 is 0 Å². The van der Waals surface area contributed by atoms with Gasteiger partial charge in [0.15, 0.2) is 0 Å².